The number of rotatable bonds is 4. The molecule has 1 heterocycles. The van der Waals surface area contributed by atoms with E-state index in [2.05, 4.69) is 23.5 Å². The molecular formula is C11H13FN2S2. The highest BCUT2D eigenvalue weighted by molar-refractivity contribution is 7.99. The quantitative estimate of drug-likeness (QED) is 0.904. The van der Waals surface area contributed by atoms with Crippen LogP contribution in [-0.4, -0.2) is 23.0 Å². The van der Waals surface area contributed by atoms with E-state index in [1.807, 2.05) is 11.8 Å². The van der Waals surface area contributed by atoms with Gasteiger partial charge in [0, 0.05) is 11.8 Å². The van der Waals surface area contributed by atoms with Gasteiger partial charge in [-0.2, -0.15) is 11.8 Å². The molecule has 0 aliphatic heterocycles. The third-order valence-electron chi connectivity index (χ3n) is 2.29. The summed E-state index contributed by atoms with van der Waals surface area (Å²) >= 11 is 3.30. The summed E-state index contributed by atoms with van der Waals surface area (Å²) < 4.78 is 13.9. The second kappa shape index (κ2) is 5.01. The molecule has 0 spiro atoms. The molecule has 5 heteroatoms. The van der Waals surface area contributed by atoms with E-state index in [1.54, 1.807) is 6.07 Å². The lowest BCUT2D eigenvalue weighted by Gasteiger charge is -2.07. The van der Waals surface area contributed by atoms with Crippen molar-refractivity contribution in [3.05, 3.63) is 24.0 Å². The highest BCUT2D eigenvalue weighted by Gasteiger charge is 2.05. The molecule has 0 bridgehead atoms. The van der Waals surface area contributed by atoms with Gasteiger partial charge in [0.05, 0.1) is 10.2 Å². The van der Waals surface area contributed by atoms with Crippen LogP contribution in [0.15, 0.2) is 18.2 Å². The monoisotopic (exact) mass is 256 g/mol. The first-order valence-corrected chi connectivity index (χ1v) is 7.12. The van der Waals surface area contributed by atoms with Crippen LogP contribution in [0.4, 0.5) is 9.52 Å². The number of anilines is 1. The fourth-order valence-corrected chi connectivity index (χ4v) is 2.44. The van der Waals surface area contributed by atoms with Crippen LogP contribution < -0.4 is 5.32 Å². The molecule has 86 valence electrons. The van der Waals surface area contributed by atoms with Crippen LogP contribution in [0.3, 0.4) is 0 Å². The maximum Gasteiger partial charge on any atom is 0.183 e. The van der Waals surface area contributed by atoms with Crippen LogP contribution in [0.2, 0.25) is 0 Å². The smallest absolute Gasteiger partial charge is 0.183 e. The molecule has 2 rings (SSSR count). The van der Waals surface area contributed by atoms with E-state index < -0.39 is 0 Å². The summed E-state index contributed by atoms with van der Waals surface area (Å²) in [6.45, 7) is 3.04. The molecule has 1 atom stereocenters. The van der Waals surface area contributed by atoms with Crippen LogP contribution in [0, 0.1) is 5.82 Å². The Morgan fingerprint density at radius 2 is 2.38 bits per heavy atom. The number of hydrogen-bond acceptors (Lipinski definition) is 4. The highest BCUT2D eigenvalue weighted by atomic mass is 32.2. The number of nitrogens with zero attached hydrogens (tertiary/aromatic N) is 1. The van der Waals surface area contributed by atoms with E-state index in [4.69, 9.17) is 0 Å². The molecule has 0 fully saturated rings. The Labute approximate surface area is 102 Å². The summed E-state index contributed by atoms with van der Waals surface area (Å²) in [6.07, 6.45) is 2.08. The van der Waals surface area contributed by atoms with Gasteiger partial charge in [-0.3, -0.25) is 0 Å². The predicted molar refractivity (Wildman–Crippen MR) is 71.0 cm³/mol. The van der Waals surface area contributed by atoms with Gasteiger partial charge < -0.3 is 5.32 Å². The van der Waals surface area contributed by atoms with E-state index in [-0.39, 0.29) is 5.82 Å². The van der Waals surface area contributed by atoms with Crippen molar-refractivity contribution in [2.75, 3.05) is 18.1 Å². The van der Waals surface area contributed by atoms with Gasteiger partial charge in [-0.1, -0.05) is 18.3 Å². The zero-order chi connectivity index (χ0) is 11.5. The van der Waals surface area contributed by atoms with Gasteiger partial charge >= 0.3 is 0 Å². The molecule has 1 unspecified atom stereocenters. The zero-order valence-corrected chi connectivity index (χ0v) is 10.8. The largest absolute Gasteiger partial charge is 0.360 e. The highest BCUT2D eigenvalue weighted by Crippen LogP contribution is 2.26. The first kappa shape index (κ1) is 11.7. The maximum atomic E-state index is 13.0. The molecule has 1 aromatic carbocycles. The van der Waals surface area contributed by atoms with Crippen LogP contribution in [0.25, 0.3) is 10.2 Å². The van der Waals surface area contributed by atoms with Crippen LogP contribution in [0.1, 0.15) is 6.92 Å². The minimum atomic E-state index is -0.208. The zero-order valence-electron chi connectivity index (χ0n) is 9.16. The van der Waals surface area contributed by atoms with Crippen molar-refractivity contribution in [3.63, 3.8) is 0 Å². The van der Waals surface area contributed by atoms with Gasteiger partial charge in [-0.15, -0.1) is 0 Å². The molecule has 0 saturated heterocycles. The van der Waals surface area contributed by atoms with E-state index in [0.29, 0.717) is 5.25 Å². The molecule has 2 nitrogen and oxygen atoms in total. The van der Waals surface area contributed by atoms with Crippen molar-refractivity contribution in [2.45, 2.75) is 12.2 Å². The molecule has 16 heavy (non-hydrogen) atoms. The number of benzene rings is 1. The number of hydrogen-bond donors (Lipinski definition) is 1. The molecule has 2 aromatic rings. The number of thiazole rings is 1. The summed E-state index contributed by atoms with van der Waals surface area (Å²) in [5, 5.41) is 4.68. The minimum absolute atomic E-state index is 0.208. The van der Waals surface area contributed by atoms with E-state index in [0.717, 1.165) is 21.9 Å². The summed E-state index contributed by atoms with van der Waals surface area (Å²) in [5.41, 5.74) is 0.853. The fraction of sp³-hybridized carbons (Fsp3) is 0.364. The first-order chi connectivity index (χ1) is 7.69. The Morgan fingerprint density at radius 1 is 1.56 bits per heavy atom. The van der Waals surface area contributed by atoms with Gasteiger partial charge in [0.2, 0.25) is 0 Å². The first-order valence-electron chi connectivity index (χ1n) is 5.02. The Morgan fingerprint density at radius 3 is 3.12 bits per heavy atom. The minimum Gasteiger partial charge on any atom is -0.360 e. The molecule has 0 radical (unpaired) electrons. The van der Waals surface area contributed by atoms with E-state index in [9.17, 15) is 4.39 Å². The Hall–Kier alpha value is -0.810. The summed E-state index contributed by atoms with van der Waals surface area (Å²) in [6, 6.07) is 4.68. The lowest BCUT2D eigenvalue weighted by Crippen LogP contribution is -2.12. The normalized spacial score (nSPS) is 12.9. The predicted octanol–water partition coefficient (Wildman–Crippen LogP) is 3.60. The summed E-state index contributed by atoms with van der Waals surface area (Å²) in [7, 11) is 0. The molecule has 0 aliphatic carbocycles. The number of nitrogens with one attached hydrogen (secondary N) is 1. The molecule has 0 saturated carbocycles. The lowest BCUT2D eigenvalue weighted by molar-refractivity contribution is 0.630. The van der Waals surface area contributed by atoms with Crippen LogP contribution in [0.5, 0.6) is 0 Å². The SMILES string of the molecule is CSC(C)CNc1nc2ccc(F)cc2s1. The number of fused-ring (bicyclic) bond motifs is 1. The second-order valence-corrected chi connectivity index (χ2v) is 5.87. The van der Waals surface area contributed by atoms with Crippen molar-refractivity contribution in [3.8, 4) is 0 Å². The Balaban J connectivity index is 2.13. The molecule has 1 N–H and O–H groups in total. The molecule has 0 aliphatic rings. The molecule has 0 amide bonds. The van der Waals surface area contributed by atoms with E-state index >= 15 is 0 Å². The summed E-state index contributed by atoms with van der Waals surface area (Å²) in [5.74, 6) is -0.208. The van der Waals surface area contributed by atoms with Crippen LogP contribution >= 0.6 is 23.1 Å². The molecular weight excluding hydrogens is 243 g/mol. The summed E-state index contributed by atoms with van der Waals surface area (Å²) in [4.78, 5) is 4.39. The Bertz CT molecular complexity index is 484. The van der Waals surface area contributed by atoms with Crippen molar-refractivity contribution < 1.29 is 4.39 Å². The number of halogens is 1. The number of aromatic nitrogens is 1. The maximum absolute atomic E-state index is 13.0. The van der Waals surface area contributed by atoms with Crippen LogP contribution in [-0.2, 0) is 0 Å². The van der Waals surface area contributed by atoms with Crippen molar-refractivity contribution in [2.24, 2.45) is 0 Å². The number of thioether (sulfide) groups is 1. The van der Waals surface area contributed by atoms with Gasteiger partial charge in [-0.05, 0) is 24.5 Å². The van der Waals surface area contributed by atoms with Gasteiger partial charge in [0.15, 0.2) is 5.13 Å². The topological polar surface area (TPSA) is 24.9 Å². The van der Waals surface area contributed by atoms with E-state index in [1.165, 1.54) is 23.5 Å². The lowest BCUT2D eigenvalue weighted by atomic mass is 10.3. The third-order valence-corrected chi connectivity index (χ3v) is 4.24. The second-order valence-electron chi connectivity index (χ2n) is 3.56. The van der Waals surface area contributed by atoms with Crippen molar-refractivity contribution in [1.29, 1.82) is 0 Å². The van der Waals surface area contributed by atoms with Gasteiger partial charge in [-0.25, -0.2) is 9.37 Å². The third kappa shape index (κ3) is 2.65. The van der Waals surface area contributed by atoms with Gasteiger partial charge in [0.1, 0.15) is 5.82 Å². The average molecular weight is 256 g/mol. The van der Waals surface area contributed by atoms with Crippen molar-refractivity contribution in [1.82, 2.24) is 4.98 Å². The fourth-order valence-electron chi connectivity index (χ4n) is 1.29. The van der Waals surface area contributed by atoms with Crippen molar-refractivity contribution >= 4 is 38.4 Å². The molecule has 1 aromatic heterocycles. The standard InChI is InChI=1S/C11H13FN2S2/c1-7(15-2)6-13-11-14-9-4-3-8(12)5-10(9)16-11/h3-5,7H,6H2,1-2H3,(H,13,14). The van der Waals surface area contributed by atoms with Gasteiger partial charge in [0.25, 0.3) is 0 Å². The average Bonchev–Trinajstić information content (AvgIpc) is 2.67. The Kier molecular flexibility index (Phi) is 3.66.